The smallest absolute Gasteiger partial charge is 0.327 e. The third-order valence-electron chi connectivity index (χ3n) is 2.89. The number of hydrogen-bond donors (Lipinski definition) is 3. The van der Waals surface area contributed by atoms with Crippen molar-refractivity contribution < 1.29 is 19.4 Å². The molecule has 1 atom stereocenters. The van der Waals surface area contributed by atoms with Gasteiger partial charge in [0.15, 0.2) is 11.8 Å². The number of nitrogens with one attached hydrogen (secondary N) is 1. The van der Waals surface area contributed by atoms with Gasteiger partial charge in [-0.2, -0.15) is 12.6 Å². The lowest BCUT2D eigenvalue weighted by atomic mass is 10.1. The number of benzene rings is 1. The molecule has 120 valence electrons. The largest absolute Gasteiger partial charge is 0.623 e. The van der Waals surface area contributed by atoms with Crippen LogP contribution in [0, 0.1) is 5.21 Å². The Morgan fingerprint density at radius 2 is 1.91 bits per heavy atom. The molecule has 22 heavy (non-hydrogen) atoms. The van der Waals surface area contributed by atoms with Gasteiger partial charge in [0.1, 0.15) is 6.04 Å². The number of thiol groups is 1. The van der Waals surface area contributed by atoms with E-state index >= 15 is 0 Å². The second-order valence-electron chi connectivity index (χ2n) is 5.79. The fourth-order valence-corrected chi connectivity index (χ4v) is 1.72. The topological polar surface area (TPSA) is 92.5 Å². The van der Waals surface area contributed by atoms with E-state index in [4.69, 9.17) is 5.11 Å². The fraction of sp³-hybridized carbons (Fsp3) is 0.400. The minimum atomic E-state index is -1.14. The van der Waals surface area contributed by atoms with Gasteiger partial charge >= 0.3 is 5.97 Å². The minimum Gasteiger partial charge on any atom is -0.623 e. The molecule has 7 heteroatoms. The number of hydroxylamine groups is 1. The van der Waals surface area contributed by atoms with E-state index in [1.54, 1.807) is 32.9 Å². The van der Waals surface area contributed by atoms with Crippen LogP contribution in [0.1, 0.15) is 36.7 Å². The van der Waals surface area contributed by atoms with Crippen LogP contribution >= 0.6 is 12.6 Å². The molecule has 0 aliphatic carbocycles. The standard InChI is InChI=1S/C15H20N2O4S/c1-15(2,3)17(21)8-10-4-6-11(7-5-10)13(18)16-12(9-22)14(19)20/h4-8,12,22H,9H2,1-3H3,(H,16,18)(H,19,20)/b17-8-/t12-/m0/s1. The van der Waals surface area contributed by atoms with Crippen molar-refractivity contribution in [3.63, 3.8) is 0 Å². The zero-order valence-electron chi connectivity index (χ0n) is 12.7. The van der Waals surface area contributed by atoms with E-state index in [9.17, 15) is 14.8 Å². The van der Waals surface area contributed by atoms with E-state index in [1.807, 2.05) is 0 Å². The fourth-order valence-electron chi connectivity index (χ4n) is 1.48. The number of rotatable bonds is 5. The van der Waals surface area contributed by atoms with Crippen molar-refractivity contribution in [3.05, 3.63) is 40.6 Å². The Kier molecular flexibility index (Phi) is 5.99. The molecular formula is C15H20N2O4S. The van der Waals surface area contributed by atoms with Crippen molar-refractivity contribution in [2.75, 3.05) is 5.75 Å². The van der Waals surface area contributed by atoms with E-state index in [2.05, 4.69) is 17.9 Å². The van der Waals surface area contributed by atoms with Gasteiger partial charge in [-0.25, -0.2) is 9.53 Å². The molecule has 1 aromatic rings. The molecule has 0 bridgehead atoms. The van der Waals surface area contributed by atoms with Crippen molar-refractivity contribution in [2.45, 2.75) is 32.4 Å². The highest BCUT2D eigenvalue weighted by Gasteiger charge is 2.20. The summed E-state index contributed by atoms with van der Waals surface area (Å²) < 4.78 is 0.837. The third-order valence-corrected chi connectivity index (χ3v) is 3.25. The molecule has 1 amide bonds. The van der Waals surface area contributed by atoms with Crippen LogP contribution in [0.15, 0.2) is 24.3 Å². The molecule has 1 aromatic carbocycles. The number of carboxylic acids is 1. The highest BCUT2D eigenvalue weighted by molar-refractivity contribution is 7.80. The summed E-state index contributed by atoms with van der Waals surface area (Å²) in [6.45, 7) is 5.38. The van der Waals surface area contributed by atoms with Gasteiger partial charge in [0.25, 0.3) is 5.91 Å². The molecule has 0 fully saturated rings. The van der Waals surface area contributed by atoms with Crippen LogP contribution in [0.4, 0.5) is 0 Å². The lowest BCUT2D eigenvalue weighted by Gasteiger charge is -2.18. The van der Waals surface area contributed by atoms with Crippen molar-refractivity contribution >= 4 is 30.7 Å². The molecule has 0 aliphatic rings. The average molecular weight is 324 g/mol. The first-order valence-electron chi connectivity index (χ1n) is 6.71. The number of amides is 1. The minimum absolute atomic E-state index is 0.00363. The van der Waals surface area contributed by atoms with Crippen molar-refractivity contribution in [2.24, 2.45) is 0 Å². The molecule has 0 heterocycles. The van der Waals surface area contributed by atoms with Gasteiger partial charge in [0, 0.05) is 37.7 Å². The average Bonchev–Trinajstić information content (AvgIpc) is 2.43. The summed E-state index contributed by atoms with van der Waals surface area (Å²) in [5.74, 6) is -1.63. The molecule has 0 saturated heterocycles. The second-order valence-corrected chi connectivity index (χ2v) is 6.16. The summed E-state index contributed by atoms with van der Waals surface area (Å²) in [5.41, 5.74) is 0.431. The first-order chi connectivity index (χ1) is 10.1. The van der Waals surface area contributed by atoms with Gasteiger partial charge in [0.2, 0.25) is 0 Å². The van der Waals surface area contributed by atoms with Crippen molar-refractivity contribution in [1.29, 1.82) is 0 Å². The predicted octanol–water partition coefficient (Wildman–Crippen LogP) is 1.53. The maximum atomic E-state index is 11.9. The van der Waals surface area contributed by atoms with Gasteiger partial charge in [-0.1, -0.05) is 0 Å². The summed E-state index contributed by atoms with van der Waals surface area (Å²) in [4.78, 5) is 22.8. The molecule has 0 aromatic heterocycles. The third kappa shape index (κ3) is 5.07. The second kappa shape index (κ2) is 7.31. The number of hydrogen-bond acceptors (Lipinski definition) is 4. The highest BCUT2D eigenvalue weighted by Crippen LogP contribution is 2.08. The summed E-state index contributed by atoms with van der Waals surface area (Å²) in [7, 11) is 0. The lowest BCUT2D eigenvalue weighted by molar-refractivity contribution is -0.530. The summed E-state index contributed by atoms with van der Waals surface area (Å²) in [6.07, 6.45) is 1.44. The summed E-state index contributed by atoms with van der Waals surface area (Å²) >= 11 is 3.88. The molecule has 2 N–H and O–H groups in total. The Hall–Kier alpha value is -2.02. The Morgan fingerprint density at radius 3 is 2.32 bits per heavy atom. The van der Waals surface area contributed by atoms with Crippen LogP contribution in [0.3, 0.4) is 0 Å². The van der Waals surface area contributed by atoms with Crippen LogP contribution in [0.25, 0.3) is 0 Å². The number of nitrogens with zero attached hydrogens (tertiary/aromatic N) is 1. The van der Waals surface area contributed by atoms with E-state index in [0.29, 0.717) is 11.1 Å². The zero-order valence-corrected chi connectivity index (χ0v) is 13.6. The van der Waals surface area contributed by atoms with Crippen LogP contribution in [-0.2, 0) is 4.79 Å². The van der Waals surface area contributed by atoms with Gasteiger partial charge in [-0.15, -0.1) is 0 Å². The maximum Gasteiger partial charge on any atom is 0.327 e. The quantitative estimate of drug-likeness (QED) is 0.252. The molecule has 0 saturated carbocycles. The van der Waals surface area contributed by atoms with E-state index in [-0.39, 0.29) is 5.75 Å². The Labute approximate surface area is 134 Å². The zero-order chi connectivity index (χ0) is 16.9. The first kappa shape index (κ1) is 18.0. The monoisotopic (exact) mass is 324 g/mol. The molecular weight excluding hydrogens is 304 g/mol. The molecule has 0 aliphatic heterocycles. The number of aliphatic carboxylic acids is 1. The Bertz CT molecular complexity index is 576. The van der Waals surface area contributed by atoms with E-state index in [1.165, 1.54) is 18.3 Å². The van der Waals surface area contributed by atoms with E-state index in [0.717, 1.165) is 4.74 Å². The first-order valence-corrected chi connectivity index (χ1v) is 7.34. The molecule has 6 nitrogen and oxygen atoms in total. The number of carboxylic acid groups (broad SMARTS) is 1. The number of carbonyl (C=O) groups is 2. The van der Waals surface area contributed by atoms with Crippen molar-refractivity contribution in [1.82, 2.24) is 5.32 Å². The Balaban J connectivity index is 2.85. The van der Waals surface area contributed by atoms with Crippen LogP contribution < -0.4 is 5.32 Å². The van der Waals surface area contributed by atoms with Gasteiger partial charge < -0.3 is 15.6 Å². The summed E-state index contributed by atoms with van der Waals surface area (Å²) in [6, 6.07) is 5.29. The van der Waals surface area contributed by atoms with E-state index < -0.39 is 23.5 Å². The van der Waals surface area contributed by atoms with Crippen LogP contribution in [0.5, 0.6) is 0 Å². The van der Waals surface area contributed by atoms with Gasteiger partial charge in [0.05, 0.1) is 0 Å². The molecule has 1 rings (SSSR count). The van der Waals surface area contributed by atoms with Gasteiger partial charge in [-0.05, 0) is 24.3 Å². The molecule has 0 spiro atoms. The normalized spacial score (nSPS) is 13.5. The van der Waals surface area contributed by atoms with Gasteiger partial charge in [-0.3, -0.25) is 4.79 Å². The number of carbonyl (C=O) groups excluding carboxylic acids is 1. The molecule has 0 unspecified atom stereocenters. The van der Waals surface area contributed by atoms with Crippen LogP contribution in [0.2, 0.25) is 0 Å². The SMILES string of the molecule is CC(C)(C)/[N+]([O-])=C/c1ccc(C(=O)N[C@@H](CS)C(=O)O)cc1. The maximum absolute atomic E-state index is 11.9. The lowest BCUT2D eigenvalue weighted by Crippen LogP contribution is -2.42. The Morgan fingerprint density at radius 1 is 1.36 bits per heavy atom. The van der Waals surface area contributed by atoms with Crippen LogP contribution in [-0.4, -0.2) is 45.3 Å². The predicted molar refractivity (Wildman–Crippen MR) is 87.7 cm³/mol. The summed E-state index contributed by atoms with van der Waals surface area (Å²) in [5, 5.41) is 23.1. The highest BCUT2D eigenvalue weighted by atomic mass is 32.1. The van der Waals surface area contributed by atoms with Crippen molar-refractivity contribution in [3.8, 4) is 0 Å². The molecule has 0 radical (unpaired) electrons.